The molecule has 2 aliphatic rings. The van der Waals surface area contributed by atoms with Crippen molar-refractivity contribution in [1.82, 2.24) is 0 Å². The second-order valence-corrected chi connectivity index (χ2v) is 10.4. The van der Waals surface area contributed by atoms with Gasteiger partial charge in [0, 0.05) is 16.4 Å². The van der Waals surface area contributed by atoms with Crippen LogP contribution in [-0.4, -0.2) is 12.0 Å². The van der Waals surface area contributed by atoms with Crippen LogP contribution >= 0.6 is 11.8 Å². The molecule has 4 atom stereocenters. The van der Waals surface area contributed by atoms with Crippen LogP contribution in [0.1, 0.15) is 50.7 Å². The van der Waals surface area contributed by atoms with Gasteiger partial charge < -0.3 is 9.47 Å². The first-order chi connectivity index (χ1) is 16.2. The third kappa shape index (κ3) is 5.12. The average Bonchev–Trinajstić information content (AvgIpc) is 2.85. The van der Waals surface area contributed by atoms with Crippen LogP contribution in [0.15, 0.2) is 77.7 Å². The molecule has 1 fully saturated rings. The van der Waals surface area contributed by atoms with Crippen molar-refractivity contribution in [2.45, 2.75) is 55.5 Å². The molecule has 0 amide bonds. The van der Waals surface area contributed by atoms with Gasteiger partial charge in [-0.05, 0) is 60.2 Å². The molecule has 4 heteroatoms. The summed E-state index contributed by atoms with van der Waals surface area (Å²) in [7, 11) is 0. The molecule has 0 spiro atoms. The van der Waals surface area contributed by atoms with Gasteiger partial charge in [-0.2, -0.15) is 0 Å². The molecule has 0 radical (unpaired) electrons. The Morgan fingerprint density at radius 1 is 0.939 bits per heavy atom. The van der Waals surface area contributed by atoms with Crippen molar-refractivity contribution in [2.75, 3.05) is 6.61 Å². The quantitative estimate of drug-likeness (QED) is 0.329. The van der Waals surface area contributed by atoms with Crippen molar-refractivity contribution in [3.8, 4) is 16.9 Å². The van der Waals surface area contributed by atoms with E-state index in [1.54, 1.807) is 11.8 Å². The lowest BCUT2D eigenvalue weighted by Crippen LogP contribution is -2.40. The van der Waals surface area contributed by atoms with Gasteiger partial charge >= 0.3 is 0 Å². The second-order valence-electron chi connectivity index (χ2n) is 9.19. The van der Waals surface area contributed by atoms with Crippen molar-refractivity contribution in [2.24, 2.45) is 11.8 Å². The molecule has 3 aromatic carbocycles. The largest absolute Gasteiger partial charge is 0.479 e. The molecular weight excluding hydrogens is 431 g/mol. The topological polar surface area (TPSA) is 18.5 Å². The Morgan fingerprint density at radius 2 is 1.73 bits per heavy atom. The van der Waals surface area contributed by atoms with Crippen molar-refractivity contribution < 1.29 is 13.9 Å². The minimum Gasteiger partial charge on any atom is -0.479 e. The molecule has 1 saturated heterocycles. The Bertz CT molecular complexity index is 1050. The summed E-state index contributed by atoms with van der Waals surface area (Å²) in [5.41, 5.74) is 3.16. The van der Waals surface area contributed by atoms with Gasteiger partial charge in [0.1, 0.15) is 11.6 Å². The highest BCUT2D eigenvalue weighted by atomic mass is 32.2. The SMILES string of the molecule is CCCCCC1COC2c3ccc(-c4ccc(F)cc4)cc3OC(Sc3ccccc3)C2C1. The number of hydrogen-bond donors (Lipinski definition) is 0. The zero-order valence-corrected chi connectivity index (χ0v) is 19.9. The lowest BCUT2D eigenvalue weighted by Gasteiger charge is -2.44. The summed E-state index contributed by atoms with van der Waals surface area (Å²) in [6.07, 6.45) is 6.24. The second kappa shape index (κ2) is 10.3. The molecule has 2 nitrogen and oxygen atoms in total. The molecule has 33 heavy (non-hydrogen) atoms. The predicted octanol–water partition coefficient (Wildman–Crippen LogP) is 8.28. The van der Waals surface area contributed by atoms with Gasteiger partial charge in [-0.25, -0.2) is 4.39 Å². The van der Waals surface area contributed by atoms with Gasteiger partial charge in [0.15, 0.2) is 5.44 Å². The monoisotopic (exact) mass is 462 g/mol. The van der Waals surface area contributed by atoms with Gasteiger partial charge in [0.25, 0.3) is 0 Å². The Kier molecular flexibility index (Phi) is 7.03. The summed E-state index contributed by atoms with van der Waals surface area (Å²) >= 11 is 1.80. The third-order valence-corrected chi connectivity index (χ3v) is 8.03. The van der Waals surface area contributed by atoms with Crippen LogP contribution < -0.4 is 4.74 Å². The highest BCUT2D eigenvalue weighted by Crippen LogP contribution is 2.51. The number of thioether (sulfide) groups is 1. The fourth-order valence-electron chi connectivity index (χ4n) is 5.05. The summed E-state index contributed by atoms with van der Waals surface area (Å²) in [6.45, 7) is 3.08. The van der Waals surface area contributed by atoms with Crippen molar-refractivity contribution >= 4 is 11.8 Å². The highest BCUT2D eigenvalue weighted by Gasteiger charge is 2.43. The number of halogens is 1. The van der Waals surface area contributed by atoms with E-state index in [2.05, 4.69) is 49.4 Å². The van der Waals surface area contributed by atoms with Crippen LogP contribution in [0, 0.1) is 17.7 Å². The van der Waals surface area contributed by atoms with E-state index >= 15 is 0 Å². The van der Waals surface area contributed by atoms with E-state index in [4.69, 9.17) is 9.47 Å². The molecule has 2 aliphatic heterocycles. The van der Waals surface area contributed by atoms with Crippen LogP contribution in [0.2, 0.25) is 0 Å². The third-order valence-electron chi connectivity index (χ3n) is 6.81. The zero-order chi connectivity index (χ0) is 22.6. The Hall–Kier alpha value is -2.30. The summed E-state index contributed by atoms with van der Waals surface area (Å²) in [4.78, 5) is 1.22. The van der Waals surface area contributed by atoms with Crippen LogP contribution in [0.25, 0.3) is 11.1 Å². The van der Waals surface area contributed by atoms with E-state index in [1.807, 2.05) is 18.2 Å². The summed E-state index contributed by atoms with van der Waals surface area (Å²) in [6, 6.07) is 23.5. The number of hydrogen-bond acceptors (Lipinski definition) is 3. The lowest BCUT2D eigenvalue weighted by atomic mass is 9.81. The van der Waals surface area contributed by atoms with Crippen LogP contribution in [-0.2, 0) is 4.74 Å². The first kappa shape index (κ1) is 22.5. The maximum atomic E-state index is 13.4. The predicted molar refractivity (Wildman–Crippen MR) is 133 cm³/mol. The maximum absolute atomic E-state index is 13.4. The zero-order valence-electron chi connectivity index (χ0n) is 19.1. The lowest BCUT2D eigenvalue weighted by molar-refractivity contribution is -0.0903. The van der Waals surface area contributed by atoms with Crippen molar-refractivity contribution in [3.05, 3.63) is 84.2 Å². The van der Waals surface area contributed by atoms with E-state index in [9.17, 15) is 4.39 Å². The fourth-order valence-corrected chi connectivity index (χ4v) is 6.21. The van der Waals surface area contributed by atoms with E-state index in [0.29, 0.717) is 11.8 Å². The number of ether oxygens (including phenoxy) is 2. The number of rotatable bonds is 7. The average molecular weight is 463 g/mol. The van der Waals surface area contributed by atoms with Gasteiger partial charge in [0.2, 0.25) is 0 Å². The molecule has 0 aliphatic carbocycles. The molecule has 0 saturated carbocycles. The molecular formula is C29H31FO2S. The minimum atomic E-state index is -0.223. The van der Waals surface area contributed by atoms with Crippen LogP contribution in [0.3, 0.4) is 0 Å². The van der Waals surface area contributed by atoms with Crippen molar-refractivity contribution in [1.29, 1.82) is 0 Å². The number of unbranched alkanes of at least 4 members (excludes halogenated alkanes) is 2. The summed E-state index contributed by atoms with van der Waals surface area (Å²) in [5.74, 6) is 1.58. The van der Waals surface area contributed by atoms with E-state index in [-0.39, 0.29) is 17.4 Å². The normalized spacial score (nSPS) is 23.9. The highest BCUT2D eigenvalue weighted by molar-refractivity contribution is 7.99. The van der Waals surface area contributed by atoms with E-state index in [1.165, 1.54) is 42.7 Å². The molecule has 3 aromatic rings. The molecule has 0 N–H and O–H groups in total. The molecule has 172 valence electrons. The Balaban J connectivity index is 1.43. The molecule has 4 unspecified atom stereocenters. The van der Waals surface area contributed by atoms with Gasteiger partial charge in [-0.15, -0.1) is 0 Å². The first-order valence-corrected chi connectivity index (χ1v) is 13.0. The summed E-state index contributed by atoms with van der Waals surface area (Å²) in [5, 5.41) is 0. The number of benzene rings is 3. The van der Waals surface area contributed by atoms with Gasteiger partial charge in [0.05, 0.1) is 12.7 Å². The van der Waals surface area contributed by atoms with E-state index in [0.717, 1.165) is 35.5 Å². The Labute approximate surface area is 200 Å². The molecule has 0 aromatic heterocycles. The maximum Gasteiger partial charge on any atom is 0.154 e. The molecule has 5 rings (SSSR count). The molecule has 2 heterocycles. The first-order valence-electron chi connectivity index (χ1n) is 12.1. The Morgan fingerprint density at radius 3 is 2.52 bits per heavy atom. The minimum absolute atomic E-state index is 0.00217. The van der Waals surface area contributed by atoms with Crippen LogP contribution in [0.4, 0.5) is 4.39 Å². The van der Waals surface area contributed by atoms with E-state index < -0.39 is 0 Å². The molecule has 0 bridgehead atoms. The van der Waals surface area contributed by atoms with Gasteiger partial charge in [-0.3, -0.25) is 0 Å². The fraction of sp³-hybridized carbons (Fsp3) is 0.379. The smallest absolute Gasteiger partial charge is 0.154 e. The van der Waals surface area contributed by atoms with Crippen molar-refractivity contribution in [3.63, 3.8) is 0 Å². The van der Waals surface area contributed by atoms with Crippen LogP contribution in [0.5, 0.6) is 5.75 Å². The van der Waals surface area contributed by atoms with Gasteiger partial charge in [-0.1, -0.05) is 80.4 Å². The summed E-state index contributed by atoms with van der Waals surface area (Å²) < 4.78 is 26.6. The number of fused-ring (bicyclic) bond motifs is 3. The standard InChI is InChI=1S/C29H31FO2S/c1-2-3-5-8-20-17-26-28(31-19-20)25-16-13-22(21-11-14-23(30)15-12-21)18-27(25)32-29(26)33-24-9-6-4-7-10-24/h4,6-7,9-16,18,20,26,28-29H,2-3,5,8,17,19H2,1H3.